The van der Waals surface area contributed by atoms with Crippen LogP contribution in [-0.2, 0) is 20.7 Å². The highest BCUT2D eigenvalue weighted by Crippen LogP contribution is 2.12. The van der Waals surface area contributed by atoms with Crippen molar-refractivity contribution in [1.82, 2.24) is 10.6 Å². The van der Waals surface area contributed by atoms with Gasteiger partial charge in [-0.3, -0.25) is 4.79 Å². The molecule has 0 aliphatic carbocycles. The number of carbonyl (C=O) groups is 2. The number of esters is 1. The minimum Gasteiger partial charge on any atom is -0.462 e. The molecule has 0 aromatic heterocycles. The molecule has 194 valence electrons. The monoisotopic (exact) mass is 476 g/mol. The van der Waals surface area contributed by atoms with E-state index in [1.165, 1.54) is 82.6 Å². The van der Waals surface area contributed by atoms with E-state index in [-0.39, 0.29) is 25.1 Å². The van der Waals surface area contributed by atoms with Crippen LogP contribution >= 0.6 is 0 Å². The molecule has 0 unspecified atom stereocenters. The van der Waals surface area contributed by atoms with Gasteiger partial charge in [0.2, 0.25) is 0 Å². The minimum atomic E-state index is -0.477. The summed E-state index contributed by atoms with van der Waals surface area (Å²) in [5.41, 5.74) is 1.47. The summed E-state index contributed by atoms with van der Waals surface area (Å²) >= 11 is 0. The fourth-order valence-corrected chi connectivity index (χ4v) is 3.69. The zero-order valence-corrected chi connectivity index (χ0v) is 21.6. The highest BCUT2D eigenvalue weighted by molar-refractivity contribution is 5.71. The molecule has 0 saturated carbocycles. The molecular formula is C28H48N2O4. The average molecular weight is 477 g/mol. The van der Waals surface area contributed by atoms with E-state index in [0.717, 1.165) is 13.1 Å². The molecule has 1 amide bonds. The summed E-state index contributed by atoms with van der Waals surface area (Å²) in [7, 11) is 0. The fraction of sp³-hybridized carbons (Fsp3) is 0.714. The van der Waals surface area contributed by atoms with Gasteiger partial charge in [0.05, 0.1) is 5.92 Å². The number of unbranched alkanes of at least 4 members (excludes halogenated alkanes) is 10. The average Bonchev–Trinajstić information content (AvgIpc) is 2.84. The standard InChI is InChI=1S/C28H48N2O4/c1-25(2)27(31)33-23-24-34-28(32)30-22-21-29-20-16-11-9-7-5-3-4-6-8-10-13-17-26-18-14-12-15-19-26/h12,14-15,18-19,25,29H,3-11,13,16-17,20-24H2,1-2H3,(H,30,32). The maximum atomic E-state index is 11.5. The SMILES string of the molecule is CC(C)C(=O)OCCOC(=O)NCCNCCCCCCCCCCCCCc1ccccc1. The van der Waals surface area contributed by atoms with Crippen molar-refractivity contribution in [1.29, 1.82) is 0 Å². The maximum Gasteiger partial charge on any atom is 0.407 e. The van der Waals surface area contributed by atoms with Crippen LogP contribution < -0.4 is 10.6 Å². The van der Waals surface area contributed by atoms with Gasteiger partial charge in [0.25, 0.3) is 0 Å². The molecule has 0 atom stereocenters. The zero-order chi connectivity index (χ0) is 24.7. The lowest BCUT2D eigenvalue weighted by atomic mass is 10.0. The first kappa shape index (κ1) is 30.0. The molecule has 1 aromatic rings. The summed E-state index contributed by atoms with van der Waals surface area (Å²) in [5, 5.41) is 6.03. The Morgan fingerprint density at radius 3 is 1.88 bits per heavy atom. The molecule has 6 heteroatoms. The first-order valence-corrected chi connectivity index (χ1v) is 13.4. The number of aryl methyl sites for hydroxylation is 1. The van der Waals surface area contributed by atoms with Crippen LogP contribution in [0.1, 0.15) is 90.0 Å². The quantitative estimate of drug-likeness (QED) is 0.167. The van der Waals surface area contributed by atoms with Gasteiger partial charge in [0.15, 0.2) is 0 Å². The molecule has 6 nitrogen and oxygen atoms in total. The Bertz CT molecular complexity index is 622. The molecular weight excluding hydrogens is 428 g/mol. The first-order chi connectivity index (χ1) is 16.6. The van der Waals surface area contributed by atoms with E-state index in [4.69, 9.17) is 9.47 Å². The third kappa shape index (κ3) is 18.4. The number of amides is 1. The smallest absolute Gasteiger partial charge is 0.407 e. The second kappa shape index (κ2) is 21.5. The van der Waals surface area contributed by atoms with Crippen molar-refractivity contribution in [2.75, 3.05) is 32.8 Å². The van der Waals surface area contributed by atoms with Gasteiger partial charge in [-0.2, -0.15) is 0 Å². The van der Waals surface area contributed by atoms with E-state index in [1.807, 2.05) is 0 Å². The van der Waals surface area contributed by atoms with Crippen LogP contribution in [0.3, 0.4) is 0 Å². The van der Waals surface area contributed by atoms with Crippen LogP contribution in [-0.4, -0.2) is 44.9 Å². The molecule has 1 aromatic carbocycles. The normalized spacial score (nSPS) is 10.9. The molecule has 0 radical (unpaired) electrons. The van der Waals surface area contributed by atoms with E-state index < -0.39 is 6.09 Å². The van der Waals surface area contributed by atoms with Crippen LogP contribution in [0.15, 0.2) is 30.3 Å². The van der Waals surface area contributed by atoms with E-state index >= 15 is 0 Å². The van der Waals surface area contributed by atoms with Crippen LogP contribution in [0.4, 0.5) is 4.79 Å². The summed E-state index contributed by atoms with van der Waals surface area (Å²) in [6.45, 7) is 5.93. The molecule has 34 heavy (non-hydrogen) atoms. The zero-order valence-electron chi connectivity index (χ0n) is 21.6. The summed E-state index contributed by atoms with van der Waals surface area (Å²) in [6.07, 6.45) is 15.4. The molecule has 0 saturated heterocycles. The number of hydrogen-bond donors (Lipinski definition) is 2. The van der Waals surface area contributed by atoms with Crippen molar-refractivity contribution in [3.63, 3.8) is 0 Å². The largest absolute Gasteiger partial charge is 0.462 e. The topological polar surface area (TPSA) is 76.7 Å². The summed E-state index contributed by atoms with van der Waals surface area (Å²) in [5.74, 6) is -0.454. The van der Waals surface area contributed by atoms with E-state index in [0.29, 0.717) is 6.54 Å². The Morgan fingerprint density at radius 1 is 0.706 bits per heavy atom. The van der Waals surface area contributed by atoms with Gasteiger partial charge >= 0.3 is 12.1 Å². The van der Waals surface area contributed by atoms with E-state index in [2.05, 4.69) is 41.0 Å². The molecule has 0 spiro atoms. The number of alkyl carbamates (subject to hydrolysis) is 1. The molecule has 0 bridgehead atoms. The van der Waals surface area contributed by atoms with Crippen molar-refractivity contribution in [3.8, 4) is 0 Å². The number of benzene rings is 1. The number of rotatable bonds is 21. The predicted molar refractivity (Wildman–Crippen MR) is 139 cm³/mol. The Kier molecular flexibility index (Phi) is 18.9. The lowest BCUT2D eigenvalue weighted by Crippen LogP contribution is -2.33. The Balaban J connectivity index is 1.73. The third-order valence-corrected chi connectivity index (χ3v) is 5.77. The van der Waals surface area contributed by atoms with Crippen LogP contribution in [0.25, 0.3) is 0 Å². The van der Waals surface area contributed by atoms with Crippen molar-refractivity contribution < 1.29 is 19.1 Å². The van der Waals surface area contributed by atoms with Crippen LogP contribution in [0.2, 0.25) is 0 Å². The lowest BCUT2D eigenvalue weighted by Gasteiger charge is -2.09. The maximum absolute atomic E-state index is 11.5. The highest BCUT2D eigenvalue weighted by Gasteiger charge is 2.08. The Hall–Kier alpha value is -2.08. The Morgan fingerprint density at radius 2 is 1.26 bits per heavy atom. The summed E-state index contributed by atoms with van der Waals surface area (Å²) in [6, 6.07) is 10.8. The van der Waals surface area contributed by atoms with E-state index in [1.54, 1.807) is 13.8 Å². The summed E-state index contributed by atoms with van der Waals surface area (Å²) < 4.78 is 9.90. The van der Waals surface area contributed by atoms with Gasteiger partial charge in [0, 0.05) is 13.1 Å². The van der Waals surface area contributed by atoms with Crippen molar-refractivity contribution in [2.24, 2.45) is 5.92 Å². The molecule has 0 aliphatic rings. The Labute approximate surface area is 207 Å². The molecule has 2 N–H and O–H groups in total. The fourth-order valence-electron chi connectivity index (χ4n) is 3.69. The first-order valence-electron chi connectivity index (χ1n) is 13.4. The predicted octanol–water partition coefficient (Wildman–Crippen LogP) is 6.04. The van der Waals surface area contributed by atoms with Gasteiger partial charge in [-0.25, -0.2) is 4.79 Å². The lowest BCUT2D eigenvalue weighted by molar-refractivity contribution is -0.148. The van der Waals surface area contributed by atoms with Crippen molar-refractivity contribution in [3.05, 3.63) is 35.9 Å². The highest BCUT2D eigenvalue weighted by atomic mass is 16.6. The number of hydrogen-bond acceptors (Lipinski definition) is 5. The van der Waals surface area contributed by atoms with Gasteiger partial charge in [0.1, 0.15) is 13.2 Å². The molecule has 0 aliphatic heterocycles. The van der Waals surface area contributed by atoms with Gasteiger partial charge in [-0.05, 0) is 31.4 Å². The number of carbonyl (C=O) groups excluding carboxylic acids is 2. The third-order valence-electron chi connectivity index (χ3n) is 5.77. The van der Waals surface area contributed by atoms with Gasteiger partial charge in [-0.15, -0.1) is 0 Å². The van der Waals surface area contributed by atoms with Crippen LogP contribution in [0, 0.1) is 5.92 Å². The second-order valence-corrected chi connectivity index (χ2v) is 9.26. The second-order valence-electron chi connectivity index (χ2n) is 9.26. The van der Waals surface area contributed by atoms with Gasteiger partial charge < -0.3 is 20.1 Å². The molecule has 0 fully saturated rings. The molecule has 1 rings (SSSR count). The van der Waals surface area contributed by atoms with Crippen molar-refractivity contribution >= 4 is 12.1 Å². The van der Waals surface area contributed by atoms with Crippen molar-refractivity contribution in [2.45, 2.75) is 90.9 Å². The van der Waals surface area contributed by atoms with Crippen LogP contribution in [0.5, 0.6) is 0 Å². The van der Waals surface area contributed by atoms with E-state index in [9.17, 15) is 9.59 Å². The molecule has 0 heterocycles. The number of nitrogens with one attached hydrogen (secondary N) is 2. The minimum absolute atomic E-state index is 0.0759. The van der Waals surface area contributed by atoms with Gasteiger partial charge in [-0.1, -0.05) is 102 Å². The summed E-state index contributed by atoms with van der Waals surface area (Å²) in [4.78, 5) is 22.8. The number of ether oxygens (including phenoxy) is 2.